The van der Waals surface area contributed by atoms with E-state index < -0.39 is 0 Å². The van der Waals surface area contributed by atoms with Crippen molar-refractivity contribution < 1.29 is 9.59 Å². The van der Waals surface area contributed by atoms with Crippen molar-refractivity contribution in [3.63, 3.8) is 0 Å². The van der Waals surface area contributed by atoms with Crippen LogP contribution in [-0.4, -0.2) is 17.9 Å². The molecule has 0 saturated heterocycles. The van der Waals surface area contributed by atoms with Crippen molar-refractivity contribution in [3.05, 3.63) is 0 Å². The first kappa shape index (κ1) is 10.0. The number of amides is 1. The quantitative estimate of drug-likeness (QED) is 0.575. The second kappa shape index (κ2) is 5.77. The molecule has 0 radical (unpaired) electrons. The number of nitrogens with zero attached hydrogens (tertiary/aromatic N) is 1. The van der Waals surface area contributed by atoms with E-state index in [9.17, 15) is 9.59 Å². The maximum atomic E-state index is 10.6. The summed E-state index contributed by atoms with van der Waals surface area (Å²) >= 11 is 0. The van der Waals surface area contributed by atoms with Crippen LogP contribution in [0.5, 0.6) is 0 Å². The minimum Gasteiger partial charge on any atom is -0.300 e. The first-order valence-corrected chi connectivity index (χ1v) is 3.71. The van der Waals surface area contributed by atoms with Crippen LogP contribution in [0.3, 0.4) is 0 Å². The van der Waals surface area contributed by atoms with E-state index >= 15 is 0 Å². The second-order valence-corrected chi connectivity index (χ2v) is 2.30. The van der Waals surface area contributed by atoms with Crippen molar-refractivity contribution in [2.24, 2.45) is 4.99 Å². The Morgan fingerprint density at radius 1 is 1.45 bits per heavy atom. The summed E-state index contributed by atoms with van der Waals surface area (Å²) in [6, 6.07) is 0. The number of hydrogen-bond acceptors (Lipinski definition) is 2. The van der Waals surface area contributed by atoms with Gasteiger partial charge in [-0.1, -0.05) is 6.92 Å². The zero-order valence-corrected chi connectivity index (χ0v) is 6.96. The van der Waals surface area contributed by atoms with Gasteiger partial charge in [-0.25, -0.2) is 4.99 Å². The third kappa shape index (κ3) is 6.90. The average molecular weight is 155 g/mol. The number of aliphatic imine (C=N–C) groups is 1. The molecule has 0 heterocycles. The molecule has 62 valence electrons. The fourth-order valence-corrected chi connectivity index (χ4v) is 0.525. The number of rotatable bonds is 4. The van der Waals surface area contributed by atoms with Gasteiger partial charge in [-0.3, -0.25) is 4.79 Å². The molecule has 0 fully saturated rings. The average Bonchev–Trinajstić information content (AvgIpc) is 1.97. The highest BCUT2D eigenvalue weighted by Crippen LogP contribution is 1.88. The highest BCUT2D eigenvalue weighted by molar-refractivity contribution is 5.86. The van der Waals surface area contributed by atoms with E-state index in [1.54, 1.807) is 6.92 Å². The SMILES string of the molecule is CCC(=O)N=CCCC(C)=O. The fourth-order valence-electron chi connectivity index (χ4n) is 0.525. The Morgan fingerprint density at radius 3 is 2.55 bits per heavy atom. The van der Waals surface area contributed by atoms with Crippen molar-refractivity contribution in [1.82, 2.24) is 0 Å². The van der Waals surface area contributed by atoms with Crippen LogP contribution in [0, 0.1) is 0 Å². The molecule has 11 heavy (non-hydrogen) atoms. The monoisotopic (exact) mass is 155 g/mol. The minimum absolute atomic E-state index is 0.125. The van der Waals surface area contributed by atoms with Gasteiger partial charge in [-0.15, -0.1) is 0 Å². The summed E-state index contributed by atoms with van der Waals surface area (Å²) < 4.78 is 0. The van der Waals surface area contributed by atoms with Crippen molar-refractivity contribution >= 4 is 17.9 Å². The van der Waals surface area contributed by atoms with Gasteiger partial charge in [0.05, 0.1) is 0 Å². The van der Waals surface area contributed by atoms with Crippen molar-refractivity contribution in [3.8, 4) is 0 Å². The third-order valence-corrected chi connectivity index (χ3v) is 1.16. The molecule has 0 saturated carbocycles. The summed E-state index contributed by atoms with van der Waals surface area (Å²) in [6.45, 7) is 3.28. The Kier molecular flexibility index (Phi) is 5.25. The molecular formula is C8H13NO2. The Morgan fingerprint density at radius 2 is 2.09 bits per heavy atom. The first-order valence-electron chi connectivity index (χ1n) is 3.71. The first-order chi connectivity index (χ1) is 5.16. The molecule has 0 aromatic heterocycles. The van der Waals surface area contributed by atoms with E-state index in [0.29, 0.717) is 19.3 Å². The molecule has 0 bridgehead atoms. The highest BCUT2D eigenvalue weighted by Gasteiger charge is 1.91. The smallest absolute Gasteiger partial charge is 0.245 e. The lowest BCUT2D eigenvalue weighted by Crippen LogP contribution is -1.93. The van der Waals surface area contributed by atoms with Crippen molar-refractivity contribution in [2.45, 2.75) is 33.1 Å². The summed E-state index contributed by atoms with van der Waals surface area (Å²) in [5, 5.41) is 0. The fraction of sp³-hybridized carbons (Fsp3) is 0.625. The van der Waals surface area contributed by atoms with Gasteiger partial charge in [0, 0.05) is 19.1 Å². The molecule has 3 heteroatoms. The minimum atomic E-state index is -0.131. The van der Waals surface area contributed by atoms with Crippen LogP contribution >= 0.6 is 0 Å². The second-order valence-electron chi connectivity index (χ2n) is 2.30. The van der Waals surface area contributed by atoms with Crippen LogP contribution in [0.1, 0.15) is 33.1 Å². The van der Waals surface area contributed by atoms with E-state index in [0.717, 1.165) is 0 Å². The van der Waals surface area contributed by atoms with Crippen molar-refractivity contribution in [1.29, 1.82) is 0 Å². The number of ketones is 1. The molecule has 3 nitrogen and oxygen atoms in total. The van der Waals surface area contributed by atoms with Crippen molar-refractivity contribution in [2.75, 3.05) is 0 Å². The summed E-state index contributed by atoms with van der Waals surface area (Å²) in [5.41, 5.74) is 0. The lowest BCUT2D eigenvalue weighted by molar-refractivity contribution is -0.118. The molecule has 0 spiro atoms. The zero-order chi connectivity index (χ0) is 8.69. The summed E-state index contributed by atoms with van der Waals surface area (Å²) in [6.07, 6.45) is 2.98. The molecule has 0 aliphatic heterocycles. The molecule has 0 aromatic rings. The van der Waals surface area contributed by atoms with Gasteiger partial charge in [-0.2, -0.15) is 0 Å². The van der Waals surface area contributed by atoms with Crippen LogP contribution < -0.4 is 0 Å². The summed E-state index contributed by atoms with van der Waals surface area (Å²) in [5.74, 6) is -0.00560. The topological polar surface area (TPSA) is 46.5 Å². The number of carbonyl (C=O) groups is 2. The Labute approximate surface area is 66.5 Å². The van der Waals surface area contributed by atoms with Gasteiger partial charge >= 0.3 is 0 Å². The normalized spacial score (nSPS) is 10.4. The molecule has 1 amide bonds. The maximum absolute atomic E-state index is 10.6. The van der Waals surface area contributed by atoms with E-state index in [1.165, 1.54) is 13.1 Å². The van der Waals surface area contributed by atoms with Gasteiger partial charge in [0.15, 0.2) is 0 Å². The largest absolute Gasteiger partial charge is 0.300 e. The van der Waals surface area contributed by atoms with Gasteiger partial charge in [0.2, 0.25) is 5.91 Å². The predicted octanol–water partition coefficient (Wildman–Crippen LogP) is 1.36. The Hall–Kier alpha value is -0.990. The summed E-state index contributed by atoms with van der Waals surface area (Å²) in [7, 11) is 0. The molecule has 0 rings (SSSR count). The lowest BCUT2D eigenvalue weighted by Gasteiger charge is -1.87. The molecule has 0 aliphatic rings. The highest BCUT2D eigenvalue weighted by atomic mass is 16.1. The standard InChI is InChI=1S/C8H13NO2/c1-3-8(11)9-6-4-5-7(2)10/h6H,3-5H2,1-2H3. The Balaban J connectivity index is 3.45. The number of carbonyl (C=O) groups excluding carboxylic acids is 2. The van der Waals surface area contributed by atoms with E-state index in [4.69, 9.17) is 0 Å². The van der Waals surface area contributed by atoms with Crippen LogP contribution in [0.4, 0.5) is 0 Å². The van der Waals surface area contributed by atoms with E-state index in [1.807, 2.05) is 0 Å². The number of Topliss-reactive ketones (excluding diaryl/α,β-unsaturated/α-hetero) is 1. The molecule has 0 unspecified atom stereocenters. The molecule has 0 atom stereocenters. The van der Waals surface area contributed by atoms with Gasteiger partial charge in [0.25, 0.3) is 0 Å². The van der Waals surface area contributed by atoms with Crippen LogP contribution in [-0.2, 0) is 9.59 Å². The van der Waals surface area contributed by atoms with E-state index in [2.05, 4.69) is 4.99 Å². The lowest BCUT2D eigenvalue weighted by atomic mass is 10.2. The Bertz CT molecular complexity index is 173. The van der Waals surface area contributed by atoms with Gasteiger partial charge in [-0.05, 0) is 13.3 Å². The molecule has 0 N–H and O–H groups in total. The van der Waals surface area contributed by atoms with Crippen LogP contribution in [0.25, 0.3) is 0 Å². The predicted molar refractivity (Wildman–Crippen MR) is 43.7 cm³/mol. The summed E-state index contributed by atoms with van der Waals surface area (Å²) in [4.78, 5) is 24.6. The van der Waals surface area contributed by atoms with E-state index in [-0.39, 0.29) is 11.7 Å². The maximum Gasteiger partial charge on any atom is 0.245 e. The third-order valence-electron chi connectivity index (χ3n) is 1.16. The molecule has 0 aromatic carbocycles. The van der Waals surface area contributed by atoms with Crippen LogP contribution in [0.15, 0.2) is 4.99 Å². The van der Waals surface area contributed by atoms with Gasteiger partial charge in [0.1, 0.15) is 5.78 Å². The van der Waals surface area contributed by atoms with Gasteiger partial charge < -0.3 is 4.79 Å². The zero-order valence-electron chi connectivity index (χ0n) is 6.96. The number of hydrogen-bond donors (Lipinski definition) is 0. The molecule has 0 aliphatic carbocycles. The molecular weight excluding hydrogens is 142 g/mol. The van der Waals surface area contributed by atoms with Crippen LogP contribution in [0.2, 0.25) is 0 Å².